The van der Waals surface area contributed by atoms with Gasteiger partial charge < -0.3 is 42.0 Å². The summed E-state index contributed by atoms with van der Waals surface area (Å²) in [6.45, 7) is 3.51. The molecule has 0 aliphatic rings. The molecule has 40 heavy (non-hydrogen) atoms. The molecule has 0 aliphatic carbocycles. The third-order valence-electron chi connectivity index (χ3n) is 6.56. The van der Waals surface area contributed by atoms with Crippen molar-refractivity contribution >= 4 is 46.5 Å². The van der Waals surface area contributed by atoms with Crippen LogP contribution in [-0.4, -0.2) is 80.1 Å². The Morgan fingerprint density at radius 1 is 0.875 bits per heavy atom. The van der Waals surface area contributed by atoms with E-state index < -0.39 is 79.1 Å². The predicted molar refractivity (Wildman–Crippen MR) is 142 cm³/mol. The molecule has 3 amide bonds. The van der Waals surface area contributed by atoms with Crippen molar-refractivity contribution in [2.24, 2.45) is 11.7 Å². The third kappa shape index (κ3) is 9.08. The lowest BCUT2D eigenvalue weighted by molar-refractivity contribution is -0.143. The van der Waals surface area contributed by atoms with E-state index in [1.807, 2.05) is 0 Å². The molecule has 14 nitrogen and oxygen atoms in total. The van der Waals surface area contributed by atoms with Crippen LogP contribution in [0.25, 0.3) is 10.9 Å². The van der Waals surface area contributed by atoms with Crippen LogP contribution in [0.3, 0.4) is 0 Å². The van der Waals surface area contributed by atoms with Gasteiger partial charge in [-0.15, -0.1) is 0 Å². The number of amides is 3. The summed E-state index contributed by atoms with van der Waals surface area (Å²) < 4.78 is 0. The van der Waals surface area contributed by atoms with Crippen molar-refractivity contribution in [2.45, 2.75) is 70.1 Å². The number of aromatic nitrogens is 1. The molecule has 9 N–H and O–H groups in total. The van der Waals surface area contributed by atoms with E-state index in [-0.39, 0.29) is 12.3 Å². The van der Waals surface area contributed by atoms with Gasteiger partial charge in [0.15, 0.2) is 0 Å². The summed E-state index contributed by atoms with van der Waals surface area (Å²) in [7, 11) is 0. The van der Waals surface area contributed by atoms with Crippen LogP contribution in [0.1, 0.15) is 45.1 Å². The molecule has 5 atom stereocenters. The van der Waals surface area contributed by atoms with Gasteiger partial charge in [0, 0.05) is 29.9 Å². The molecule has 1 heterocycles. The van der Waals surface area contributed by atoms with Crippen LogP contribution in [0, 0.1) is 5.92 Å². The molecule has 0 radical (unpaired) electrons. The highest BCUT2D eigenvalue weighted by Crippen LogP contribution is 2.19. The van der Waals surface area contributed by atoms with Crippen molar-refractivity contribution in [1.29, 1.82) is 0 Å². The number of carboxylic acid groups (broad SMARTS) is 3. The molecular weight excluding hydrogens is 526 g/mol. The maximum Gasteiger partial charge on any atom is 0.326 e. The molecule has 0 fully saturated rings. The van der Waals surface area contributed by atoms with Gasteiger partial charge in [0.25, 0.3) is 0 Å². The van der Waals surface area contributed by atoms with E-state index in [0.29, 0.717) is 12.0 Å². The number of nitrogens with two attached hydrogens (primary N) is 1. The van der Waals surface area contributed by atoms with Crippen molar-refractivity contribution < 1.29 is 44.1 Å². The van der Waals surface area contributed by atoms with Gasteiger partial charge in [-0.2, -0.15) is 0 Å². The van der Waals surface area contributed by atoms with E-state index >= 15 is 0 Å². The Morgan fingerprint density at radius 2 is 1.48 bits per heavy atom. The minimum Gasteiger partial charge on any atom is -0.481 e. The molecule has 0 saturated carbocycles. The normalized spacial score (nSPS) is 14.8. The number of hydrogen-bond donors (Lipinski definition) is 8. The summed E-state index contributed by atoms with van der Waals surface area (Å²) in [5.74, 6) is -7.17. The largest absolute Gasteiger partial charge is 0.481 e. The molecule has 0 spiro atoms. The van der Waals surface area contributed by atoms with Crippen molar-refractivity contribution in [2.75, 3.05) is 0 Å². The van der Waals surface area contributed by atoms with Gasteiger partial charge in [-0.25, -0.2) is 4.79 Å². The number of nitrogens with one attached hydrogen (secondary N) is 4. The second-order valence-corrected chi connectivity index (χ2v) is 9.53. The number of aliphatic carboxylic acids is 3. The summed E-state index contributed by atoms with van der Waals surface area (Å²) in [5, 5.41) is 35.7. The van der Waals surface area contributed by atoms with Gasteiger partial charge >= 0.3 is 17.9 Å². The monoisotopic (exact) mass is 561 g/mol. The molecule has 5 unspecified atom stereocenters. The van der Waals surface area contributed by atoms with E-state index in [9.17, 15) is 39.0 Å². The zero-order valence-corrected chi connectivity index (χ0v) is 22.2. The SMILES string of the molecule is CCC(C)C(N)C(=O)NC(CC(=O)O)C(=O)NC(CCC(=O)O)C(=O)NC(Cc1c[nH]c2ccccc12)C(=O)O. The van der Waals surface area contributed by atoms with Crippen molar-refractivity contribution in [3.8, 4) is 0 Å². The molecule has 2 rings (SSSR count). The Hall–Kier alpha value is -4.46. The minimum atomic E-state index is -1.62. The Bertz CT molecular complexity index is 1240. The van der Waals surface area contributed by atoms with Crippen LogP contribution in [0.2, 0.25) is 0 Å². The summed E-state index contributed by atoms with van der Waals surface area (Å²) in [6, 6.07) is 1.53. The lowest BCUT2D eigenvalue weighted by Gasteiger charge is -2.25. The van der Waals surface area contributed by atoms with E-state index in [1.165, 1.54) is 0 Å². The Labute approximate surface area is 229 Å². The number of carboxylic acids is 3. The van der Waals surface area contributed by atoms with Crippen molar-refractivity contribution in [3.63, 3.8) is 0 Å². The number of aromatic amines is 1. The van der Waals surface area contributed by atoms with Gasteiger partial charge in [-0.3, -0.25) is 24.0 Å². The van der Waals surface area contributed by atoms with Crippen LogP contribution in [0.4, 0.5) is 0 Å². The summed E-state index contributed by atoms with van der Waals surface area (Å²) >= 11 is 0. The van der Waals surface area contributed by atoms with Gasteiger partial charge in [0.1, 0.15) is 18.1 Å². The minimum absolute atomic E-state index is 0.115. The van der Waals surface area contributed by atoms with E-state index in [0.717, 1.165) is 10.9 Å². The fourth-order valence-corrected chi connectivity index (χ4v) is 3.97. The quantitative estimate of drug-likeness (QED) is 0.136. The number of para-hydroxylation sites is 1. The number of fused-ring (bicyclic) bond motifs is 1. The average molecular weight is 562 g/mol. The fraction of sp³-hybridized carbons (Fsp3) is 0.462. The third-order valence-corrected chi connectivity index (χ3v) is 6.56. The maximum atomic E-state index is 13.1. The first kappa shape index (κ1) is 31.8. The molecule has 0 bridgehead atoms. The fourth-order valence-electron chi connectivity index (χ4n) is 3.97. The van der Waals surface area contributed by atoms with Crippen LogP contribution >= 0.6 is 0 Å². The summed E-state index contributed by atoms with van der Waals surface area (Å²) in [4.78, 5) is 76.1. The molecule has 0 saturated heterocycles. The zero-order chi connectivity index (χ0) is 30.0. The second-order valence-electron chi connectivity index (χ2n) is 9.53. The molecule has 14 heteroatoms. The number of rotatable bonds is 16. The number of hydrogen-bond acceptors (Lipinski definition) is 7. The van der Waals surface area contributed by atoms with E-state index in [2.05, 4.69) is 20.9 Å². The first-order chi connectivity index (χ1) is 18.8. The van der Waals surface area contributed by atoms with Crippen LogP contribution in [0.5, 0.6) is 0 Å². The molecular formula is C26H35N5O9. The predicted octanol–water partition coefficient (Wildman–Crippen LogP) is -0.0377. The molecule has 1 aromatic heterocycles. The second kappa shape index (κ2) is 14.6. The lowest BCUT2D eigenvalue weighted by atomic mass is 9.99. The van der Waals surface area contributed by atoms with Gasteiger partial charge in [0.05, 0.1) is 12.5 Å². The molecule has 218 valence electrons. The smallest absolute Gasteiger partial charge is 0.326 e. The van der Waals surface area contributed by atoms with Crippen LogP contribution in [0.15, 0.2) is 30.5 Å². The first-order valence-corrected chi connectivity index (χ1v) is 12.7. The van der Waals surface area contributed by atoms with Crippen molar-refractivity contribution in [3.05, 3.63) is 36.0 Å². The standard InChI is InChI=1S/C26H35N5O9/c1-3-13(2)22(27)25(38)30-18(11-21(34)35)24(37)29-17(8-9-20(32)33)23(36)31-19(26(39)40)10-14-12-28-16-7-5-4-6-15(14)16/h4-7,12-13,17-19,22,28H,3,8-11,27H2,1-2H3,(H,29,37)(H,30,38)(H,31,36)(H,32,33)(H,34,35)(H,39,40). The number of benzene rings is 1. The number of H-pyrrole nitrogens is 1. The van der Waals surface area contributed by atoms with Gasteiger partial charge in [-0.1, -0.05) is 38.5 Å². The first-order valence-electron chi connectivity index (χ1n) is 12.7. The number of carbonyl (C=O) groups is 6. The van der Waals surface area contributed by atoms with Crippen molar-refractivity contribution in [1.82, 2.24) is 20.9 Å². The molecule has 2 aromatic rings. The van der Waals surface area contributed by atoms with Crippen LogP contribution in [-0.2, 0) is 35.2 Å². The highest BCUT2D eigenvalue weighted by atomic mass is 16.4. The topological polar surface area (TPSA) is 241 Å². The highest BCUT2D eigenvalue weighted by Gasteiger charge is 2.32. The Kier molecular flexibility index (Phi) is 11.6. The lowest BCUT2D eigenvalue weighted by Crippen LogP contribution is -2.58. The highest BCUT2D eigenvalue weighted by molar-refractivity contribution is 5.96. The molecule has 0 aliphatic heterocycles. The maximum absolute atomic E-state index is 13.1. The molecule has 1 aromatic carbocycles. The summed E-state index contributed by atoms with van der Waals surface area (Å²) in [6.07, 6.45) is 0.219. The number of carbonyl (C=O) groups excluding carboxylic acids is 3. The van der Waals surface area contributed by atoms with E-state index in [1.54, 1.807) is 44.3 Å². The van der Waals surface area contributed by atoms with Gasteiger partial charge in [0.2, 0.25) is 17.7 Å². The average Bonchev–Trinajstić information content (AvgIpc) is 3.31. The van der Waals surface area contributed by atoms with E-state index in [4.69, 9.17) is 10.8 Å². The van der Waals surface area contributed by atoms with Crippen LogP contribution < -0.4 is 21.7 Å². The van der Waals surface area contributed by atoms with Gasteiger partial charge in [-0.05, 0) is 24.0 Å². The Balaban J connectivity index is 2.22. The zero-order valence-electron chi connectivity index (χ0n) is 22.2. The summed E-state index contributed by atoms with van der Waals surface area (Å²) in [5.41, 5.74) is 7.25. The Morgan fingerprint density at radius 3 is 2.08 bits per heavy atom.